The second kappa shape index (κ2) is 6.40. The third kappa shape index (κ3) is 3.00. The molecule has 0 radical (unpaired) electrons. The van der Waals surface area contributed by atoms with Crippen LogP contribution in [0.4, 0.5) is 5.69 Å². The minimum Gasteiger partial charge on any atom is -0.503 e. The normalized spacial score (nSPS) is 17.7. The molecule has 0 saturated heterocycles. The van der Waals surface area contributed by atoms with Crippen molar-refractivity contribution in [3.8, 4) is 0 Å². The van der Waals surface area contributed by atoms with Gasteiger partial charge >= 0.3 is 0 Å². The maximum absolute atomic E-state index is 12.6. The quantitative estimate of drug-likeness (QED) is 0.849. The second-order valence-electron chi connectivity index (χ2n) is 5.85. The Morgan fingerprint density at radius 3 is 2.15 bits per heavy atom. The first-order chi connectivity index (χ1) is 12.2. The summed E-state index contributed by atoms with van der Waals surface area (Å²) in [6.45, 7) is 1.28. The minimum absolute atomic E-state index is 0.00303. The van der Waals surface area contributed by atoms with E-state index in [0.29, 0.717) is 11.3 Å². The number of amides is 1. The van der Waals surface area contributed by atoms with Crippen molar-refractivity contribution in [1.82, 2.24) is 0 Å². The molecule has 1 heterocycles. The van der Waals surface area contributed by atoms with Gasteiger partial charge in [0.25, 0.3) is 5.91 Å². The van der Waals surface area contributed by atoms with Gasteiger partial charge in [-0.2, -0.15) is 0 Å². The third-order valence-electron chi connectivity index (χ3n) is 4.15. The van der Waals surface area contributed by atoms with Gasteiger partial charge < -0.3 is 5.11 Å². The molecule has 0 fully saturated rings. The van der Waals surface area contributed by atoms with Crippen LogP contribution < -0.4 is 10.0 Å². The first-order valence-corrected chi connectivity index (χ1v) is 9.22. The number of hydrogen-bond donors (Lipinski definition) is 2. The SMILES string of the molecule is CC(=O)C1=C(O)C(=O)N(c2ccc(S(N)(=O)=O)cc2)[C@H]1c1ccccc1. The van der Waals surface area contributed by atoms with E-state index in [1.165, 1.54) is 36.1 Å². The molecule has 1 aliphatic heterocycles. The van der Waals surface area contributed by atoms with Crippen LogP contribution in [0.15, 0.2) is 70.8 Å². The lowest BCUT2D eigenvalue weighted by molar-refractivity contribution is -0.117. The van der Waals surface area contributed by atoms with Crippen molar-refractivity contribution in [3.05, 3.63) is 71.5 Å². The van der Waals surface area contributed by atoms with E-state index < -0.39 is 33.5 Å². The number of nitrogens with two attached hydrogens (primary N) is 1. The molecule has 0 unspecified atom stereocenters. The Labute approximate surface area is 150 Å². The fourth-order valence-electron chi connectivity index (χ4n) is 2.98. The van der Waals surface area contributed by atoms with E-state index in [4.69, 9.17) is 5.14 Å². The van der Waals surface area contributed by atoms with Crippen LogP contribution >= 0.6 is 0 Å². The number of Topliss-reactive ketones (excluding diaryl/α,β-unsaturated/α-hetero) is 1. The fourth-order valence-corrected chi connectivity index (χ4v) is 3.49. The molecule has 0 spiro atoms. The van der Waals surface area contributed by atoms with Crippen LogP contribution in [-0.2, 0) is 19.6 Å². The lowest BCUT2D eigenvalue weighted by Gasteiger charge is -2.26. The number of nitrogens with zero attached hydrogens (tertiary/aromatic N) is 1. The zero-order valence-electron chi connectivity index (χ0n) is 13.8. The van der Waals surface area contributed by atoms with Crippen LogP contribution in [0, 0.1) is 0 Å². The van der Waals surface area contributed by atoms with Gasteiger partial charge in [-0.1, -0.05) is 30.3 Å². The van der Waals surface area contributed by atoms with Crippen molar-refractivity contribution in [1.29, 1.82) is 0 Å². The summed E-state index contributed by atoms with van der Waals surface area (Å²) in [5.41, 5.74) is 0.974. The standard InChI is InChI=1S/C18H16N2O5S/c1-11(21)15-16(12-5-3-2-4-6-12)20(18(23)17(15)22)13-7-9-14(10-8-13)26(19,24)25/h2-10,16,22H,1H3,(H2,19,24,25)/t16-/m0/s1. The summed E-state index contributed by atoms with van der Waals surface area (Å²) in [6.07, 6.45) is 0. The van der Waals surface area contributed by atoms with E-state index in [-0.39, 0.29) is 10.5 Å². The number of sulfonamides is 1. The molecule has 0 saturated carbocycles. The van der Waals surface area contributed by atoms with Crippen LogP contribution in [0.2, 0.25) is 0 Å². The molecule has 1 atom stereocenters. The molecular weight excluding hydrogens is 356 g/mol. The largest absolute Gasteiger partial charge is 0.503 e. The average molecular weight is 372 g/mol. The molecule has 0 aromatic heterocycles. The van der Waals surface area contributed by atoms with Gasteiger partial charge in [-0.15, -0.1) is 0 Å². The Kier molecular flexibility index (Phi) is 4.39. The van der Waals surface area contributed by atoms with Gasteiger partial charge in [0.1, 0.15) is 0 Å². The molecule has 0 bridgehead atoms. The Morgan fingerprint density at radius 1 is 1.08 bits per heavy atom. The zero-order chi connectivity index (χ0) is 19.1. The lowest BCUT2D eigenvalue weighted by Crippen LogP contribution is -2.30. The van der Waals surface area contributed by atoms with Crippen molar-refractivity contribution >= 4 is 27.4 Å². The highest BCUT2D eigenvalue weighted by Gasteiger charge is 2.43. The number of rotatable bonds is 4. The summed E-state index contributed by atoms with van der Waals surface area (Å²) in [5, 5.41) is 15.3. The summed E-state index contributed by atoms with van der Waals surface area (Å²) in [5.74, 6) is -1.76. The van der Waals surface area contributed by atoms with Crippen LogP contribution in [0.5, 0.6) is 0 Å². The lowest BCUT2D eigenvalue weighted by atomic mass is 9.96. The molecule has 1 aliphatic rings. The molecule has 134 valence electrons. The molecule has 8 heteroatoms. The maximum Gasteiger partial charge on any atom is 0.294 e. The fraction of sp³-hybridized carbons (Fsp3) is 0.111. The van der Waals surface area contributed by atoms with E-state index in [1.807, 2.05) is 0 Å². The van der Waals surface area contributed by atoms with Crippen LogP contribution in [0.3, 0.4) is 0 Å². The monoisotopic (exact) mass is 372 g/mol. The molecule has 2 aromatic carbocycles. The second-order valence-corrected chi connectivity index (χ2v) is 7.41. The van der Waals surface area contributed by atoms with Gasteiger partial charge in [-0.05, 0) is 36.8 Å². The summed E-state index contributed by atoms with van der Waals surface area (Å²) < 4.78 is 22.8. The number of benzene rings is 2. The van der Waals surface area contributed by atoms with Crippen molar-refractivity contribution < 1.29 is 23.1 Å². The summed E-state index contributed by atoms with van der Waals surface area (Å²) >= 11 is 0. The molecule has 7 nitrogen and oxygen atoms in total. The Hall–Kier alpha value is -2.97. The van der Waals surface area contributed by atoms with Gasteiger partial charge in [0, 0.05) is 5.69 Å². The zero-order valence-corrected chi connectivity index (χ0v) is 14.6. The Balaban J connectivity index is 2.13. The molecule has 3 rings (SSSR count). The van der Waals surface area contributed by atoms with Crippen LogP contribution in [-0.4, -0.2) is 25.2 Å². The van der Waals surface area contributed by atoms with Crippen molar-refractivity contribution in [2.75, 3.05) is 4.90 Å². The molecular formula is C18H16N2O5S. The summed E-state index contributed by atoms with van der Waals surface area (Å²) in [4.78, 5) is 25.8. The van der Waals surface area contributed by atoms with E-state index in [0.717, 1.165) is 0 Å². The highest BCUT2D eigenvalue weighted by molar-refractivity contribution is 7.89. The number of carbonyl (C=O) groups excluding carboxylic acids is 2. The molecule has 2 aromatic rings. The molecule has 1 amide bonds. The van der Waals surface area contributed by atoms with Gasteiger partial charge in [0.05, 0.1) is 16.5 Å². The van der Waals surface area contributed by atoms with E-state index in [1.54, 1.807) is 30.3 Å². The van der Waals surface area contributed by atoms with Crippen LogP contribution in [0.1, 0.15) is 18.5 Å². The number of carbonyl (C=O) groups is 2. The van der Waals surface area contributed by atoms with Gasteiger partial charge in [-0.3, -0.25) is 14.5 Å². The Bertz CT molecular complexity index is 1010. The summed E-state index contributed by atoms with van der Waals surface area (Å²) in [7, 11) is -3.87. The smallest absolute Gasteiger partial charge is 0.294 e. The summed E-state index contributed by atoms with van der Waals surface area (Å²) in [6, 6.07) is 13.3. The number of hydrogen-bond acceptors (Lipinski definition) is 5. The predicted octanol–water partition coefficient (Wildman–Crippen LogP) is 1.82. The third-order valence-corrected chi connectivity index (χ3v) is 5.08. The predicted molar refractivity (Wildman–Crippen MR) is 94.8 cm³/mol. The van der Waals surface area contributed by atoms with E-state index >= 15 is 0 Å². The van der Waals surface area contributed by atoms with E-state index in [9.17, 15) is 23.1 Å². The van der Waals surface area contributed by atoms with Crippen molar-refractivity contribution in [2.45, 2.75) is 17.9 Å². The number of ketones is 1. The van der Waals surface area contributed by atoms with Crippen molar-refractivity contribution in [3.63, 3.8) is 0 Å². The molecule has 26 heavy (non-hydrogen) atoms. The topological polar surface area (TPSA) is 118 Å². The van der Waals surface area contributed by atoms with Crippen LogP contribution in [0.25, 0.3) is 0 Å². The first-order valence-electron chi connectivity index (χ1n) is 7.67. The first kappa shape index (κ1) is 17.8. The van der Waals surface area contributed by atoms with Crippen molar-refractivity contribution in [2.24, 2.45) is 5.14 Å². The minimum atomic E-state index is -3.87. The Morgan fingerprint density at radius 2 is 1.65 bits per heavy atom. The van der Waals surface area contributed by atoms with Gasteiger partial charge in [0.15, 0.2) is 11.5 Å². The number of primary sulfonamides is 1. The average Bonchev–Trinajstić information content (AvgIpc) is 2.87. The molecule has 3 N–H and O–H groups in total. The number of aliphatic hydroxyl groups is 1. The maximum atomic E-state index is 12.6. The van der Waals surface area contributed by atoms with Gasteiger partial charge in [0.2, 0.25) is 10.0 Å². The number of anilines is 1. The number of aliphatic hydroxyl groups excluding tert-OH is 1. The van der Waals surface area contributed by atoms with E-state index in [2.05, 4.69) is 0 Å². The highest BCUT2D eigenvalue weighted by atomic mass is 32.2. The van der Waals surface area contributed by atoms with Gasteiger partial charge in [-0.25, -0.2) is 13.6 Å². The highest BCUT2D eigenvalue weighted by Crippen LogP contribution is 2.40. The molecule has 0 aliphatic carbocycles.